The second-order valence-corrected chi connectivity index (χ2v) is 6.06. The van der Waals surface area contributed by atoms with Crippen molar-refractivity contribution in [1.82, 2.24) is 9.88 Å². The van der Waals surface area contributed by atoms with E-state index in [4.69, 9.17) is 9.47 Å². The summed E-state index contributed by atoms with van der Waals surface area (Å²) in [6, 6.07) is 16.7. The molecule has 0 bridgehead atoms. The number of amides is 1. The summed E-state index contributed by atoms with van der Waals surface area (Å²) in [5.74, 6) is 0.382. The largest absolute Gasteiger partial charge is 0.485 e. The molecule has 3 aromatic rings. The maximum atomic E-state index is 12.7. The highest BCUT2D eigenvalue weighted by molar-refractivity contribution is 6.09. The molecule has 1 heterocycles. The number of rotatable bonds is 9. The number of ether oxygens (including phenoxy) is 2. The van der Waals surface area contributed by atoms with Gasteiger partial charge in [0.1, 0.15) is 12.3 Å². The molecule has 1 N–H and O–H groups in total. The van der Waals surface area contributed by atoms with Gasteiger partial charge in [-0.05, 0) is 18.2 Å². The number of carbonyl (C=O) groups excluding carboxylic acids is 2. The van der Waals surface area contributed by atoms with Crippen molar-refractivity contribution in [3.63, 3.8) is 0 Å². The van der Waals surface area contributed by atoms with Crippen LogP contribution >= 0.6 is 0 Å². The molecule has 0 aliphatic heterocycles. The fourth-order valence-corrected chi connectivity index (χ4v) is 2.85. The van der Waals surface area contributed by atoms with Gasteiger partial charge in [0.15, 0.2) is 6.61 Å². The molecule has 0 unspecified atom stereocenters. The van der Waals surface area contributed by atoms with Gasteiger partial charge in [-0.25, -0.2) is 0 Å². The van der Waals surface area contributed by atoms with Gasteiger partial charge in [-0.2, -0.15) is 0 Å². The number of carbonyl (C=O) groups is 2. The zero-order valence-corrected chi connectivity index (χ0v) is 15.2. The van der Waals surface area contributed by atoms with Crippen LogP contribution in [-0.4, -0.2) is 43.1 Å². The fourth-order valence-electron chi connectivity index (χ4n) is 2.85. The molecule has 0 saturated heterocycles. The molecule has 140 valence electrons. The Morgan fingerprint density at radius 1 is 1.04 bits per heavy atom. The van der Waals surface area contributed by atoms with Gasteiger partial charge in [0, 0.05) is 36.3 Å². The highest BCUT2D eigenvalue weighted by Gasteiger charge is 2.16. The molecule has 0 radical (unpaired) electrons. The number of nitrogens with one attached hydrogen (secondary N) is 1. The van der Waals surface area contributed by atoms with E-state index in [2.05, 4.69) is 5.32 Å². The predicted octanol–water partition coefficient (Wildman–Crippen LogP) is 2.67. The Morgan fingerprint density at radius 2 is 1.78 bits per heavy atom. The van der Waals surface area contributed by atoms with E-state index in [-0.39, 0.29) is 24.8 Å². The van der Waals surface area contributed by atoms with Crippen LogP contribution in [0.25, 0.3) is 10.9 Å². The average Bonchev–Trinajstić information content (AvgIpc) is 3.06. The summed E-state index contributed by atoms with van der Waals surface area (Å²) in [6.07, 6.45) is 1.72. The normalized spacial score (nSPS) is 10.7. The minimum absolute atomic E-state index is 0.0575. The highest BCUT2D eigenvalue weighted by Crippen LogP contribution is 2.22. The van der Waals surface area contributed by atoms with Crippen molar-refractivity contribution in [2.45, 2.75) is 6.54 Å². The minimum Gasteiger partial charge on any atom is -0.485 e. The number of ketones is 1. The second kappa shape index (κ2) is 9.00. The van der Waals surface area contributed by atoms with Crippen LogP contribution in [0.2, 0.25) is 0 Å². The molecule has 27 heavy (non-hydrogen) atoms. The first-order valence-corrected chi connectivity index (χ1v) is 8.73. The molecule has 6 nitrogen and oxygen atoms in total. The Kier molecular flexibility index (Phi) is 6.22. The molecule has 0 saturated carbocycles. The van der Waals surface area contributed by atoms with Crippen molar-refractivity contribution in [2.24, 2.45) is 0 Å². The van der Waals surface area contributed by atoms with Crippen molar-refractivity contribution in [3.8, 4) is 5.75 Å². The number of hydrogen-bond acceptors (Lipinski definition) is 4. The molecule has 0 fully saturated rings. The molecule has 0 aliphatic rings. The number of aromatic nitrogens is 1. The van der Waals surface area contributed by atoms with Gasteiger partial charge in [-0.3, -0.25) is 9.59 Å². The van der Waals surface area contributed by atoms with E-state index in [0.29, 0.717) is 24.5 Å². The van der Waals surface area contributed by atoms with Crippen LogP contribution in [0.1, 0.15) is 10.4 Å². The summed E-state index contributed by atoms with van der Waals surface area (Å²) in [7, 11) is 1.58. The molecule has 2 aromatic carbocycles. The third kappa shape index (κ3) is 4.74. The summed E-state index contributed by atoms with van der Waals surface area (Å²) in [4.78, 5) is 24.8. The van der Waals surface area contributed by atoms with E-state index in [0.717, 1.165) is 10.9 Å². The Bertz CT molecular complexity index is 918. The first-order valence-electron chi connectivity index (χ1n) is 8.73. The summed E-state index contributed by atoms with van der Waals surface area (Å²) < 4.78 is 12.3. The lowest BCUT2D eigenvalue weighted by atomic mass is 10.1. The van der Waals surface area contributed by atoms with Crippen LogP contribution in [0, 0.1) is 0 Å². The topological polar surface area (TPSA) is 69.6 Å². The zero-order chi connectivity index (χ0) is 19.1. The number of nitrogens with zero attached hydrogens (tertiary/aromatic N) is 1. The lowest BCUT2D eigenvalue weighted by molar-refractivity contribution is -0.121. The third-order valence-corrected chi connectivity index (χ3v) is 4.14. The van der Waals surface area contributed by atoms with Gasteiger partial charge >= 0.3 is 0 Å². The number of methoxy groups -OCH3 is 1. The quantitative estimate of drug-likeness (QED) is 0.467. The van der Waals surface area contributed by atoms with Crippen molar-refractivity contribution in [2.75, 3.05) is 26.9 Å². The van der Waals surface area contributed by atoms with E-state index in [1.807, 2.05) is 42.5 Å². The van der Waals surface area contributed by atoms with Crippen molar-refractivity contribution < 1.29 is 19.1 Å². The highest BCUT2D eigenvalue weighted by atomic mass is 16.5. The number of benzene rings is 2. The van der Waals surface area contributed by atoms with Crippen LogP contribution in [0.15, 0.2) is 60.8 Å². The van der Waals surface area contributed by atoms with Gasteiger partial charge in [-0.1, -0.05) is 36.4 Å². The summed E-state index contributed by atoms with van der Waals surface area (Å²) in [6.45, 7) is 0.985. The van der Waals surface area contributed by atoms with Crippen molar-refractivity contribution in [3.05, 3.63) is 66.4 Å². The third-order valence-electron chi connectivity index (χ3n) is 4.14. The van der Waals surface area contributed by atoms with Gasteiger partial charge in [0.05, 0.1) is 6.61 Å². The molecule has 0 atom stereocenters. The summed E-state index contributed by atoms with van der Waals surface area (Å²) >= 11 is 0. The second-order valence-electron chi connectivity index (χ2n) is 6.06. The Labute approximate surface area is 157 Å². The van der Waals surface area contributed by atoms with Crippen LogP contribution in [0.3, 0.4) is 0 Å². The maximum absolute atomic E-state index is 12.7. The van der Waals surface area contributed by atoms with E-state index in [1.165, 1.54) is 0 Å². The van der Waals surface area contributed by atoms with Crippen LogP contribution in [-0.2, 0) is 16.1 Å². The maximum Gasteiger partial charge on any atom is 0.240 e. The average molecular weight is 366 g/mol. The molecule has 0 spiro atoms. The first kappa shape index (κ1) is 18.7. The SMILES string of the molecule is COCCNC(=O)Cn1cc(C(=O)COc2ccccc2)c2ccccc21. The Hall–Kier alpha value is -3.12. The molecular formula is C21H22N2O4. The number of fused-ring (bicyclic) bond motifs is 1. The van der Waals surface area contributed by atoms with Crippen LogP contribution < -0.4 is 10.1 Å². The van der Waals surface area contributed by atoms with E-state index < -0.39 is 0 Å². The lowest BCUT2D eigenvalue weighted by Crippen LogP contribution is -2.30. The molecule has 1 amide bonds. The van der Waals surface area contributed by atoms with Gasteiger partial charge in [0.2, 0.25) is 11.7 Å². The zero-order valence-electron chi connectivity index (χ0n) is 15.2. The monoisotopic (exact) mass is 366 g/mol. The van der Waals surface area contributed by atoms with Crippen LogP contribution in [0.5, 0.6) is 5.75 Å². The van der Waals surface area contributed by atoms with Crippen LogP contribution in [0.4, 0.5) is 0 Å². The smallest absolute Gasteiger partial charge is 0.240 e. The van der Waals surface area contributed by atoms with E-state index in [9.17, 15) is 9.59 Å². The van der Waals surface area contributed by atoms with Gasteiger partial charge in [-0.15, -0.1) is 0 Å². The van der Waals surface area contributed by atoms with Crippen molar-refractivity contribution in [1.29, 1.82) is 0 Å². The van der Waals surface area contributed by atoms with Crippen molar-refractivity contribution >= 4 is 22.6 Å². The standard InChI is InChI=1S/C21H22N2O4/c1-26-12-11-22-21(25)14-23-13-18(17-9-5-6-10-19(17)23)20(24)15-27-16-7-3-2-4-8-16/h2-10,13H,11-12,14-15H2,1H3,(H,22,25). The molecule has 0 aliphatic carbocycles. The Balaban J connectivity index is 1.75. The summed E-state index contributed by atoms with van der Waals surface area (Å²) in [5.41, 5.74) is 1.38. The van der Waals surface area contributed by atoms with Gasteiger partial charge < -0.3 is 19.4 Å². The predicted molar refractivity (Wildman–Crippen MR) is 103 cm³/mol. The molecule has 1 aromatic heterocycles. The first-order chi connectivity index (χ1) is 13.2. The minimum atomic E-state index is -0.132. The Morgan fingerprint density at radius 3 is 2.56 bits per heavy atom. The molecule has 6 heteroatoms. The summed E-state index contributed by atoms with van der Waals surface area (Å²) in [5, 5.41) is 3.60. The molecule has 3 rings (SSSR count). The number of hydrogen-bond donors (Lipinski definition) is 1. The van der Waals surface area contributed by atoms with E-state index in [1.54, 1.807) is 30.0 Å². The number of para-hydroxylation sites is 2. The fraction of sp³-hybridized carbons (Fsp3) is 0.238. The van der Waals surface area contributed by atoms with Gasteiger partial charge in [0.25, 0.3) is 0 Å². The lowest BCUT2D eigenvalue weighted by Gasteiger charge is -2.06. The van der Waals surface area contributed by atoms with E-state index >= 15 is 0 Å². The number of Topliss-reactive ketones (excluding diaryl/α,β-unsaturated/α-hetero) is 1. The molecular weight excluding hydrogens is 344 g/mol.